The third-order valence-electron chi connectivity index (χ3n) is 3.74. The number of aromatic amines is 1. The third-order valence-corrected chi connectivity index (χ3v) is 3.74. The summed E-state index contributed by atoms with van der Waals surface area (Å²) in [6.07, 6.45) is 1.51. The number of benzene rings is 1. The minimum absolute atomic E-state index is 0.369. The zero-order valence-electron chi connectivity index (χ0n) is 14.3. The van der Waals surface area contributed by atoms with Crippen LogP contribution in [0.25, 0.3) is 11.4 Å². The molecule has 124 valence electrons. The highest BCUT2D eigenvalue weighted by Gasteiger charge is 2.09. The highest BCUT2D eigenvalue weighted by atomic mass is 15.2. The number of rotatable bonds is 6. The first-order valence-electron chi connectivity index (χ1n) is 8.09. The SMILES string of the molecule is CCNC(=NCc1cccc(-c2ncn[nH]2)c1)NC(C)C(C)C. The van der Waals surface area contributed by atoms with Crippen LogP contribution in [0.3, 0.4) is 0 Å². The van der Waals surface area contributed by atoms with Crippen molar-refractivity contribution in [2.75, 3.05) is 6.54 Å². The number of guanidine groups is 1. The zero-order valence-corrected chi connectivity index (χ0v) is 14.3. The molecule has 0 fully saturated rings. The van der Waals surface area contributed by atoms with Gasteiger partial charge in [0.1, 0.15) is 6.33 Å². The van der Waals surface area contributed by atoms with Crippen LogP contribution in [0.2, 0.25) is 0 Å². The molecule has 1 heterocycles. The number of H-pyrrole nitrogens is 1. The van der Waals surface area contributed by atoms with Gasteiger partial charge in [-0.25, -0.2) is 9.98 Å². The van der Waals surface area contributed by atoms with Crippen LogP contribution in [-0.4, -0.2) is 33.7 Å². The predicted octanol–water partition coefficient (Wildman–Crippen LogP) is 2.57. The summed E-state index contributed by atoms with van der Waals surface area (Å²) in [4.78, 5) is 8.86. The summed E-state index contributed by atoms with van der Waals surface area (Å²) >= 11 is 0. The summed E-state index contributed by atoms with van der Waals surface area (Å²) in [6.45, 7) is 10.1. The van der Waals surface area contributed by atoms with Gasteiger partial charge in [0.2, 0.25) is 0 Å². The molecule has 1 unspecified atom stereocenters. The minimum atomic E-state index is 0.369. The number of aromatic nitrogens is 3. The topological polar surface area (TPSA) is 78.0 Å². The van der Waals surface area contributed by atoms with Crippen LogP contribution in [0, 0.1) is 5.92 Å². The highest BCUT2D eigenvalue weighted by molar-refractivity contribution is 5.80. The van der Waals surface area contributed by atoms with Crippen molar-refractivity contribution in [3.05, 3.63) is 36.2 Å². The van der Waals surface area contributed by atoms with Crippen LogP contribution in [-0.2, 0) is 6.54 Å². The summed E-state index contributed by atoms with van der Waals surface area (Å²) < 4.78 is 0. The van der Waals surface area contributed by atoms with Crippen molar-refractivity contribution < 1.29 is 0 Å². The molecule has 23 heavy (non-hydrogen) atoms. The lowest BCUT2D eigenvalue weighted by atomic mass is 10.1. The van der Waals surface area contributed by atoms with E-state index in [9.17, 15) is 0 Å². The van der Waals surface area contributed by atoms with Crippen molar-refractivity contribution in [3.63, 3.8) is 0 Å². The van der Waals surface area contributed by atoms with E-state index in [0.29, 0.717) is 18.5 Å². The largest absolute Gasteiger partial charge is 0.357 e. The van der Waals surface area contributed by atoms with Gasteiger partial charge in [-0.3, -0.25) is 5.10 Å². The zero-order chi connectivity index (χ0) is 16.7. The van der Waals surface area contributed by atoms with Gasteiger partial charge in [-0.1, -0.05) is 32.0 Å². The maximum absolute atomic E-state index is 4.68. The van der Waals surface area contributed by atoms with Crippen molar-refractivity contribution in [2.45, 2.75) is 40.3 Å². The Morgan fingerprint density at radius 1 is 1.30 bits per heavy atom. The fourth-order valence-corrected chi connectivity index (χ4v) is 2.03. The molecule has 0 aliphatic rings. The van der Waals surface area contributed by atoms with Gasteiger partial charge in [-0.15, -0.1) is 0 Å². The molecule has 0 spiro atoms. The van der Waals surface area contributed by atoms with Crippen molar-refractivity contribution in [1.82, 2.24) is 25.8 Å². The second kappa shape index (κ2) is 8.31. The van der Waals surface area contributed by atoms with Gasteiger partial charge in [-0.05, 0) is 31.4 Å². The van der Waals surface area contributed by atoms with E-state index in [1.54, 1.807) is 0 Å². The molecule has 0 bridgehead atoms. The van der Waals surface area contributed by atoms with E-state index in [1.165, 1.54) is 6.33 Å². The number of aliphatic imine (C=N–C) groups is 1. The molecular formula is C17H26N6. The first-order chi connectivity index (χ1) is 11.1. The van der Waals surface area contributed by atoms with E-state index in [2.05, 4.69) is 70.6 Å². The second-order valence-electron chi connectivity index (χ2n) is 5.91. The van der Waals surface area contributed by atoms with Crippen LogP contribution < -0.4 is 10.6 Å². The summed E-state index contributed by atoms with van der Waals surface area (Å²) in [7, 11) is 0. The summed E-state index contributed by atoms with van der Waals surface area (Å²) in [5.74, 6) is 2.17. The molecule has 0 saturated heterocycles. The maximum Gasteiger partial charge on any atom is 0.191 e. The Morgan fingerprint density at radius 2 is 2.13 bits per heavy atom. The van der Waals surface area contributed by atoms with Crippen LogP contribution in [0.5, 0.6) is 0 Å². The molecule has 6 heteroatoms. The monoisotopic (exact) mass is 314 g/mol. The molecule has 0 aliphatic heterocycles. The molecule has 1 atom stereocenters. The van der Waals surface area contributed by atoms with E-state index in [1.807, 2.05) is 12.1 Å². The van der Waals surface area contributed by atoms with Gasteiger partial charge in [0.25, 0.3) is 0 Å². The van der Waals surface area contributed by atoms with Gasteiger partial charge in [-0.2, -0.15) is 5.10 Å². The molecule has 1 aromatic carbocycles. The molecule has 2 aromatic rings. The highest BCUT2D eigenvalue weighted by Crippen LogP contribution is 2.15. The lowest BCUT2D eigenvalue weighted by Gasteiger charge is -2.20. The Kier molecular flexibility index (Phi) is 6.14. The molecule has 1 aromatic heterocycles. The molecular weight excluding hydrogens is 288 g/mol. The third kappa shape index (κ3) is 5.09. The van der Waals surface area contributed by atoms with Crippen molar-refractivity contribution in [1.29, 1.82) is 0 Å². The van der Waals surface area contributed by atoms with Crippen LogP contribution >= 0.6 is 0 Å². The Morgan fingerprint density at radius 3 is 2.78 bits per heavy atom. The first kappa shape index (κ1) is 17.0. The average Bonchev–Trinajstić information content (AvgIpc) is 3.07. The van der Waals surface area contributed by atoms with Gasteiger partial charge in [0.05, 0.1) is 6.54 Å². The normalized spacial score (nSPS) is 13.2. The number of hydrogen-bond donors (Lipinski definition) is 3. The lowest BCUT2D eigenvalue weighted by molar-refractivity contribution is 0.481. The summed E-state index contributed by atoms with van der Waals surface area (Å²) in [5.41, 5.74) is 2.15. The molecule has 0 amide bonds. The van der Waals surface area contributed by atoms with Crippen molar-refractivity contribution in [3.8, 4) is 11.4 Å². The van der Waals surface area contributed by atoms with Crippen LogP contribution in [0.4, 0.5) is 0 Å². The molecule has 6 nitrogen and oxygen atoms in total. The lowest BCUT2D eigenvalue weighted by Crippen LogP contribution is -2.44. The smallest absolute Gasteiger partial charge is 0.191 e. The van der Waals surface area contributed by atoms with E-state index in [0.717, 1.165) is 29.5 Å². The Bertz CT molecular complexity index is 618. The summed E-state index contributed by atoms with van der Waals surface area (Å²) in [6, 6.07) is 8.55. The molecule has 0 aliphatic carbocycles. The Hall–Kier alpha value is -2.37. The predicted molar refractivity (Wildman–Crippen MR) is 94.1 cm³/mol. The molecule has 0 radical (unpaired) electrons. The number of hydrogen-bond acceptors (Lipinski definition) is 3. The van der Waals surface area contributed by atoms with E-state index in [-0.39, 0.29) is 0 Å². The van der Waals surface area contributed by atoms with E-state index in [4.69, 9.17) is 0 Å². The number of nitrogens with zero attached hydrogens (tertiary/aromatic N) is 3. The van der Waals surface area contributed by atoms with Crippen molar-refractivity contribution >= 4 is 5.96 Å². The van der Waals surface area contributed by atoms with Crippen molar-refractivity contribution in [2.24, 2.45) is 10.9 Å². The number of nitrogens with one attached hydrogen (secondary N) is 3. The quantitative estimate of drug-likeness (QED) is 0.566. The molecule has 3 N–H and O–H groups in total. The van der Waals surface area contributed by atoms with Gasteiger partial charge >= 0.3 is 0 Å². The molecule has 0 saturated carbocycles. The van der Waals surface area contributed by atoms with Gasteiger partial charge in [0.15, 0.2) is 11.8 Å². The second-order valence-corrected chi connectivity index (χ2v) is 5.91. The van der Waals surface area contributed by atoms with Crippen LogP contribution in [0.15, 0.2) is 35.6 Å². The molecule has 2 rings (SSSR count). The van der Waals surface area contributed by atoms with Gasteiger partial charge in [0, 0.05) is 18.2 Å². The van der Waals surface area contributed by atoms with E-state index < -0.39 is 0 Å². The Balaban J connectivity index is 2.08. The minimum Gasteiger partial charge on any atom is -0.357 e. The first-order valence-corrected chi connectivity index (χ1v) is 8.09. The average molecular weight is 314 g/mol. The standard InChI is InChI=1S/C17H26N6/c1-5-18-17(22-13(4)12(2)3)19-10-14-7-6-8-15(9-14)16-20-11-21-23-16/h6-9,11-13H,5,10H2,1-4H3,(H2,18,19,22)(H,20,21,23). The Labute approximate surface area is 137 Å². The summed E-state index contributed by atoms with van der Waals surface area (Å²) in [5, 5.41) is 13.5. The van der Waals surface area contributed by atoms with Crippen LogP contribution in [0.1, 0.15) is 33.3 Å². The van der Waals surface area contributed by atoms with Gasteiger partial charge < -0.3 is 10.6 Å². The fourth-order valence-electron chi connectivity index (χ4n) is 2.03. The fraction of sp³-hybridized carbons (Fsp3) is 0.471. The van der Waals surface area contributed by atoms with E-state index >= 15 is 0 Å². The maximum atomic E-state index is 4.68.